The molecular weight excluding hydrogens is 606 g/mol. The average Bonchev–Trinajstić information content (AvgIpc) is 3.02. The maximum Gasteiger partial charge on any atom is 0.408 e. The molecule has 0 bridgehead atoms. The number of halogens is 2. The number of alkyl carbamates (subject to hydrolysis) is 1. The molecule has 254 valence electrons. The summed E-state index contributed by atoms with van der Waals surface area (Å²) in [6, 6.07) is 18.5. The van der Waals surface area contributed by atoms with Gasteiger partial charge >= 0.3 is 6.09 Å². The van der Waals surface area contributed by atoms with E-state index in [0.717, 1.165) is 7.11 Å². The highest BCUT2D eigenvalue weighted by Gasteiger charge is 2.53. The predicted octanol–water partition coefficient (Wildman–Crippen LogP) is 5.18. The molecule has 0 fully saturated rings. The number of nitrogens with zero attached hydrogens (tertiary/aromatic N) is 1. The number of benzene rings is 2. The molecule has 0 saturated carbocycles. The summed E-state index contributed by atoms with van der Waals surface area (Å²) in [6.45, 7) is 8.80. The maximum atomic E-state index is 16.7. The van der Waals surface area contributed by atoms with Crippen LogP contribution in [0.4, 0.5) is 13.6 Å². The van der Waals surface area contributed by atoms with Crippen LogP contribution in [0.25, 0.3) is 0 Å². The lowest BCUT2D eigenvalue weighted by atomic mass is 9.81. The maximum absolute atomic E-state index is 16.7. The number of carbonyl (C=O) groups is 3. The molecule has 0 spiro atoms. The Balaban J connectivity index is 2.08. The van der Waals surface area contributed by atoms with E-state index in [9.17, 15) is 19.5 Å². The molecule has 1 aromatic heterocycles. The van der Waals surface area contributed by atoms with Crippen molar-refractivity contribution in [3.63, 3.8) is 0 Å². The van der Waals surface area contributed by atoms with Gasteiger partial charge in [0.1, 0.15) is 6.10 Å². The van der Waals surface area contributed by atoms with Gasteiger partial charge in [-0.25, -0.2) is 13.6 Å². The lowest BCUT2D eigenvalue weighted by molar-refractivity contribution is -0.155. The lowest BCUT2D eigenvalue weighted by Crippen LogP contribution is -2.66. The predicted molar refractivity (Wildman–Crippen MR) is 175 cm³/mol. The molecule has 2 aromatic carbocycles. The highest BCUT2D eigenvalue weighted by molar-refractivity contribution is 5.91. The first kappa shape index (κ1) is 37.1. The van der Waals surface area contributed by atoms with E-state index in [4.69, 9.17) is 4.74 Å². The second-order valence-corrected chi connectivity index (χ2v) is 13.2. The highest BCUT2D eigenvalue weighted by Crippen LogP contribution is 2.33. The lowest BCUT2D eigenvalue weighted by Gasteiger charge is -2.40. The summed E-state index contributed by atoms with van der Waals surface area (Å²) in [5.74, 6) is -6.04. The van der Waals surface area contributed by atoms with Crippen molar-refractivity contribution in [2.45, 2.75) is 83.5 Å². The van der Waals surface area contributed by atoms with E-state index < -0.39 is 58.9 Å². The number of hydrogen-bond donors (Lipinski definition) is 4. The van der Waals surface area contributed by atoms with E-state index in [1.165, 1.54) is 12.3 Å². The zero-order chi connectivity index (χ0) is 34.8. The van der Waals surface area contributed by atoms with Gasteiger partial charge in [-0.05, 0) is 47.4 Å². The molecule has 1 heterocycles. The van der Waals surface area contributed by atoms with Gasteiger partial charge < -0.3 is 25.8 Å². The summed E-state index contributed by atoms with van der Waals surface area (Å²) >= 11 is 0. The Bertz CT molecular complexity index is 1450. The minimum absolute atomic E-state index is 0.0190. The van der Waals surface area contributed by atoms with Gasteiger partial charge in [0.05, 0.1) is 24.9 Å². The molecule has 4 N–H and O–H groups in total. The van der Waals surface area contributed by atoms with Gasteiger partial charge in [0, 0.05) is 12.6 Å². The van der Waals surface area contributed by atoms with E-state index in [1.807, 2.05) is 20.8 Å². The van der Waals surface area contributed by atoms with E-state index in [-0.39, 0.29) is 25.0 Å². The summed E-state index contributed by atoms with van der Waals surface area (Å²) in [7, 11) is 1.14. The number of methoxy groups -OCH3 is 1. The molecule has 3 amide bonds. The monoisotopic (exact) mass is 652 g/mol. The molecule has 3 rings (SSSR count). The largest absolute Gasteiger partial charge is 0.453 e. The highest BCUT2D eigenvalue weighted by atomic mass is 19.3. The smallest absolute Gasteiger partial charge is 0.408 e. The number of alkyl halides is 2. The molecule has 0 aliphatic heterocycles. The number of pyridine rings is 1. The van der Waals surface area contributed by atoms with Crippen molar-refractivity contribution < 1.29 is 33.0 Å². The average molecular weight is 653 g/mol. The van der Waals surface area contributed by atoms with E-state index in [1.54, 1.807) is 86.6 Å². The van der Waals surface area contributed by atoms with Crippen LogP contribution in [0.3, 0.4) is 0 Å². The van der Waals surface area contributed by atoms with Gasteiger partial charge in [0.25, 0.3) is 11.8 Å². The molecule has 11 heteroatoms. The molecule has 0 aliphatic rings. The Hall–Kier alpha value is -4.38. The van der Waals surface area contributed by atoms with Crippen LogP contribution in [-0.2, 0) is 32.7 Å². The van der Waals surface area contributed by atoms with Gasteiger partial charge in [-0.2, -0.15) is 0 Å². The molecule has 3 unspecified atom stereocenters. The number of nitrogens with one attached hydrogen (secondary N) is 3. The molecule has 9 nitrogen and oxygen atoms in total. The fourth-order valence-electron chi connectivity index (χ4n) is 5.47. The Morgan fingerprint density at radius 3 is 1.89 bits per heavy atom. The van der Waals surface area contributed by atoms with Gasteiger partial charge in [-0.15, -0.1) is 0 Å². The van der Waals surface area contributed by atoms with Gasteiger partial charge in [0.2, 0.25) is 5.91 Å². The molecule has 3 aromatic rings. The number of ether oxygens (including phenoxy) is 1. The van der Waals surface area contributed by atoms with Crippen molar-refractivity contribution in [2.24, 2.45) is 11.3 Å². The van der Waals surface area contributed by atoms with Crippen molar-refractivity contribution in [1.29, 1.82) is 0 Å². The number of carbonyl (C=O) groups excluding carboxylic acids is 3. The van der Waals surface area contributed by atoms with Gasteiger partial charge in [-0.3, -0.25) is 14.6 Å². The van der Waals surface area contributed by atoms with Crippen LogP contribution in [0, 0.1) is 11.3 Å². The second kappa shape index (κ2) is 15.9. The van der Waals surface area contributed by atoms with Crippen LogP contribution >= 0.6 is 0 Å². The normalized spacial score (nSPS) is 15.1. The van der Waals surface area contributed by atoms with Crippen molar-refractivity contribution in [1.82, 2.24) is 20.9 Å². The van der Waals surface area contributed by atoms with Crippen LogP contribution in [0.5, 0.6) is 0 Å². The second-order valence-electron chi connectivity index (χ2n) is 13.2. The first-order chi connectivity index (χ1) is 22.1. The number of rotatable bonds is 14. The molecule has 0 aliphatic carbocycles. The summed E-state index contributed by atoms with van der Waals surface area (Å²) < 4.78 is 38.2. The summed E-state index contributed by atoms with van der Waals surface area (Å²) in [4.78, 5) is 44.3. The Labute approximate surface area is 275 Å². The first-order valence-electron chi connectivity index (χ1n) is 15.6. The fourth-order valence-corrected chi connectivity index (χ4v) is 5.47. The number of aliphatic hydroxyl groups excluding tert-OH is 1. The Kier molecular flexibility index (Phi) is 12.6. The minimum Gasteiger partial charge on any atom is -0.453 e. The van der Waals surface area contributed by atoms with Crippen molar-refractivity contribution in [3.05, 3.63) is 102 Å². The third-order valence-corrected chi connectivity index (χ3v) is 7.94. The van der Waals surface area contributed by atoms with E-state index in [2.05, 4.69) is 20.9 Å². The fraction of sp³-hybridized carbons (Fsp3) is 0.444. The Morgan fingerprint density at radius 2 is 1.40 bits per heavy atom. The van der Waals surface area contributed by atoms with Crippen LogP contribution in [0.15, 0.2) is 85.1 Å². The van der Waals surface area contributed by atoms with Crippen LogP contribution in [0.1, 0.15) is 57.9 Å². The van der Waals surface area contributed by atoms with Crippen molar-refractivity contribution >= 4 is 17.9 Å². The molecule has 0 saturated heterocycles. The van der Waals surface area contributed by atoms with E-state index in [0.29, 0.717) is 11.1 Å². The summed E-state index contributed by atoms with van der Waals surface area (Å²) in [6.07, 6.45) is -2.45. The van der Waals surface area contributed by atoms with E-state index >= 15 is 8.78 Å². The van der Waals surface area contributed by atoms with Crippen molar-refractivity contribution in [2.75, 3.05) is 7.11 Å². The zero-order valence-corrected chi connectivity index (χ0v) is 27.8. The molecule has 47 heavy (non-hydrogen) atoms. The number of amides is 3. The van der Waals surface area contributed by atoms with Crippen molar-refractivity contribution in [3.8, 4) is 0 Å². The minimum atomic E-state index is -3.93. The SMILES string of the molecule is COC(=O)N[C@@](C(=O)NC(Cc1ccccc1)C(O)C(F)(F)C(Cc1ccccc1)NC(=O)CC(C)(C)C)(c1ccccn1)C(C)C. The number of hydrogen-bond acceptors (Lipinski definition) is 6. The van der Waals surface area contributed by atoms with Crippen LogP contribution in [-0.4, -0.2) is 59.2 Å². The van der Waals surface area contributed by atoms with Gasteiger partial charge in [0.15, 0.2) is 5.54 Å². The molecule has 0 radical (unpaired) electrons. The molecule has 4 atom stereocenters. The number of aromatic nitrogens is 1. The zero-order valence-electron chi connectivity index (χ0n) is 27.8. The topological polar surface area (TPSA) is 130 Å². The third kappa shape index (κ3) is 9.81. The van der Waals surface area contributed by atoms with Crippen LogP contribution < -0.4 is 16.0 Å². The standard InChI is InChI=1S/C36H46F2N4O5/c1-24(2)35(42-33(46)47-6,28-19-13-14-20-39-28)32(45)40-27(21-25-15-9-7-10-16-25)31(44)36(37,38)29(22-26-17-11-8-12-18-26)41-30(43)23-34(3,4)5/h7-20,24,27,29,31,44H,21-23H2,1-6H3,(H,40,45)(H,41,43)(H,42,46)/t27?,29?,31?,35-/m1/s1. The quantitative estimate of drug-likeness (QED) is 0.190. The molecular formula is C36H46F2N4O5. The number of aliphatic hydroxyl groups is 1. The summed E-state index contributed by atoms with van der Waals surface area (Å²) in [5, 5.41) is 19.3. The summed E-state index contributed by atoms with van der Waals surface area (Å²) in [5.41, 5.74) is -1.09. The third-order valence-electron chi connectivity index (χ3n) is 7.94. The van der Waals surface area contributed by atoms with Crippen LogP contribution in [0.2, 0.25) is 0 Å². The first-order valence-corrected chi connectivity index (χ1v) is 15.6. The van der Waals surface area contributed by atoms with Gasteiger partial charge in [-0.1, -0.05) is 101 Å². The Morgan fingerprint density at radius 1 is 0.851 bits per heavy atom.